The Labute approximate surface area is 86.9 Å². The number of hydrogen-bond acceptors (Lipinski definition) is 1. The zero-order valence-electron chi connectivity index (χ0n) is 9.60. The summed E-state index contributed by atoms with van der Waals surface area (Å²) >= 11 is 0. The lowest BCUT2D eigenvalue weighted by Crippen LogP contribution is -2.27. The Morgan fingerprint density at radius 3 is 1.54 bits per heavy atom. The van der Waals surface area contributed by atoms with Gasteiger partial charge in [0.2, 0.25) is 0 Å². The van der Waals surface area contributed by atoms with Gasteiger partial charge in [-0.25, -0.2) is 0 Å². The molecule has 0 aromatic carbocycles. The van der Waals surface area contributed by atoms with Crippen LogP contribution in [-0.2, 0) is 0 Å². The Hall–Kier alpha value is 0.390. The van der Waals surface area contributed by atoms with E-state index in [9.17, 15) is 5.11 Å². The Balaban J connectivity index is 0. The van der Waals surface area contributed by atoms with Crippen LogP contribution in [0.2, 0.25) is 0 Å². The second-order valence-electron chi connectivity index (χ2n) is 3.79. The standard InChI is InChI=1S/C11H24O.H3P/c1-4-7-9-11(12,6-3)10-8-5-2;/h12H,4-10H2,1-3H3;1H3. The average Bonchev–Trinajstić information content (AvgIpc) is 2.11. The SMILES string of the molecule is CCCCC(O)(CC)CCCC.P. The molecule has 0 aromatic rings. The first-order chi connectivity index (χ1) is 5.68. The topological polar surface area (TPSA) is 20.2 Å². The Morgan fingerprint density at radius 1 is 0.923 bits per heavy atom. The average molecular weight is 206 g/mol. The van der Waals surface area contributed by atoms with Crippen molar-refractivity contribution < 1.29 is 5.11 Å². The molecule has 1 nitrogen and oxygen atoms in total. The van der Waals surface area contributed by atoms with Crippen molar-refractivity contribution in [2.24, 2.45) is 0 Å². The summed E-state index contributed by atoms with van der Waals surface area (Å²) in [6.45, 7) is 6.44. The van der Waals surface area contributed by atoms with Crippen LogP contribution >= 0.6 is 9.90 Å². The van der Waals surface area contributed by atoms with Crippen LogP contribution in [0.25, 0.3) is 0 Å². The van der Waals surface area contributed by atoms with Crippen LogP contribution in [0.15, 0.2) is 0 Å². The molecule has 1 atom stereocenters. The molecule has 0 saturated heterocycles. The summed E-state index contributed by atoms with van der Waals surface area (Å²) in [6.07, 6.45) is 7.58. The maximum absolute atomic E-state index is 10.1. The lowest BCUT2D eigenvalue weighted by atomic mass is 9.89. The second-order valence-corrected chi connectivity index (χ2v) is 3.79. The van der Waals surface area contributed by atoms with E-state index >= 15 is 0 Å². The van der Waals surface area contributed by atoms with Gasteiger partial charge in [-0.15, -0.1) is 0 Å². The molecular formula is C11H27OP. The van der Waals surface area contributed by atoms with Crippen LogP contribution in [0.4, 0.5) is 0 Å². The molecular weight excluding hydrogens is 179 g/mol. The van der Waals surface area contributed by atoms with E-state index in [4.69, 9.17) is 0 Å². The molecule has 0 fully saturated rings. The summed E-state index contributed by atoms with van der Waals surface area (Å²) in [5.41, 5.74) is -0.355. The molecule has 0 aliphatic carbocycles. The van der Waals surface area contributed by atoms with E-state index in [1.54, 1.807) is 0 Å². The molecule has 0 aliphatic rings. The van der Waals surface area contributed by atoms with E-state index < -0.39 is 0 Å². The largest absolute Gasteiger partial charge is 0.390 e. The minimum Gasteiger partial charge on any atom is -0.390 e. The molecule has 0 radical (unpaired) electrons. The Kier molecular flexibility index (Phi) is 10.9. The van der Waals surface area contributed by atoms with E-state index in [0.717, 1.165) is 32.1 Å². The van der Waals surface area contributed by atoms with E-state index in [-0.39, 0.29) is 15.5 Å². The third-order valence-electron chi connectivity index (χ3n) is 2.65. The fourth-order valence-electron chi connectivity index (χ4n) is 1.49. The lowest BCUT2D eigenvalue weighted by Gasteiger charge is -2.26. The van der Waals surface area contributed by atoms with Gasteiger partial charge in [0.1, 0.15) is 0 Å². The van der Waals surface area contributed by atoms with Crippen LogP contribution in [0, 0.1) is 0 Å². The number of aliphatic hydroxyl groups is 1. The van der Waals surface area contributed by atoms with Crippen molar-refractivity contribution in [3.63, 3.8) is 0 Å². The van der Waals surface area contributed by atoms with Crippen molar-refractivity contribution in [1.29, 1.82) is 0 Å². The van der Waals surface area contributed by atoms with Gasteiger partial charge < -0.3 is 5.11 Å². The van der Waals surface area contributed by atoms with Crippen LogP contribution in [0.5, 0.6) is 0 Å². The van der Waals surface area contributed by atoms with Crippen molar-refractivity contribution in [2.45, 2.75) is 71.3 Å². The molecule has 0 heterocycles. The lowest BCUT2D eigenvalue weighted by molar-refractivity contribution is 0.0148. The van der Waals surface area contributed by atoms with Gasteiger partial charge in [-0.05, 0) is 19.3 Å². The maximum atomic E-state index is 10.1. The van der Waals surface area contributed by atoms with Crippen LogP contribution in [0.1, 0.15) is 65.7 Å². The first-order valence-corrected chi connectivity index (χ1v) is 5.41. The smallest absolute Gasteiger partial charge is 0.0645 e. The number of hydrogen-bond donors (Lipinski definition) is 1. The highest BCUT2D eigenvalue weighted by Gasteiger charge is 2.22. The van der Waals surface area contributed by atoms with Gasteiger partial charge in [-0.3, -0.25) is 0 Å². The molecule has 0 rings (SSSR count). The zero-order chi connectivity index (χ0) is 9.45. The van der Waals surface area contributed by atoms with E-state index in [1.807, 2.05) is 0 Å². The van der Waals surface area contributed by atoms with Crippen LogP contribution in [-0.4, -0.2) is 10.7 Å². The number of unbranched alkanes of at least 4 members (excludes halogenated alkanes) is 2. The molecule has 0 spiro atoms. The molecule has 1 N–H and O–H groups in total. The quantitative estimate of drug-likeness (QED) is 0.631. The molecule has 13 heavy (non-hydrogen) atoms. The molecule has 0 saturated carbocycles. The highest BCUT2D eigenvalue weighted by atomic mass is 31.0. The first-order valence-electron chi connectivity index (χ1n) is 5.41. The molecule has 82 valence electrons. The highest BCUT2D eigenvalue weighted by Crippen LogP contribution is 2.24. The predicted octanol–water partition coefficient (Wildman–Crippen LogP) is 3.57. The minimum absolute atomic E-state index is 0. The molecule has 1 unspecified atom stereocenters. The van der Waals surface area contributed by atoms with Crippen molar-refractivity contribution >= 4 is 9.90 Å². The van der Waals surface area contributed by atoms with E-state index in [2.05, 4.69) is 20.8 Å². The normalized spacial score (nSPS) is 11.1. The molecule has 0 bridgehead atoms. The van der Waals surface area contributed by atoms with Gasteiger partial charge in [0, 0.05) is 0 Å². The third kappa shape index (κ3) is 7.46. The summed E-state index contributed by atoms with van der Waals surface area (Å²) in [4.78, 5) is 0. The highest BCUT2D eigenvalue weighted by molar-refractivity contribution is 6.92. The van der Waals surface area contributed by atoms with Gasteiger partial charge in [0.25, 0.3) is 0 Å². The summed E-state index contributed by atoms with van der Waals surface area (Å²) in [7, 11) is 0. The summed E-state index contributed by atoms with van der Waals surface area (Å²) in [6, 6.07) is 0. The van der Waals surface area contributed by atoms with Crippen molar-refractivity contribution in [3.05, 3.63) is 0 Å². The Bertz CT molecular complexity index is 96.3. The van der Waals surface area contributed by atoms with Crippen LogP contribution < -0.4 is 0 Å². The van der Waals surface area contributed by atoms with Crippen molar-refractivity contribution in [1.82, 2.24) is 0 Å². The molecule has 0 aliphatic heterocycles. The fourth-order valence-corrected chi connectivity index (χ4v) is 1.49. The number of rotatable bonds is 7. The van der Waals surface area contributed by atoms with Gasteiger partial charge in [0.15, 0.2) is 0 Å². The summed E-state index contributed by atoms with van der Waals surface area (Å²) in [5, 5.41) is 10.1. The van der Waals surface area contributed by atoms with Crippen molar-refractivity contribution in [3.8, 4) is 0 Å². The van der Waals surface area contributed by atoms with Gasteiger partial charge in [0.05, 0.1) is 5.60 Å². The summed E-state index contributed by atoms with van der Waals surface area (Å²) in [5.74, 6) is 0. The molecule has 0 aromatic heterocycles. The third-order valence-corrected chi connectivity index (χ3v) is 2.65. The molecule has 2 heteroatoms. The van der Waals surface area contributed by atoms with Crippen LogP contribution in [0.3, 0.4) is 0 Å². The second kappa shape index (κ2) is 8.97. The van der Waals surface area contributed by atoms with Crippen molar-refractivity contribution in [2.75, 3.05) is 0 Å². The molecule has 0 amide bonds. The monoisotopic (exact) mass is 206 g/mol. The zero-order valence-corrected chi connectivity index (χ0v) is 11.0. The van der Waals surface area contributed by atoms with Gasteiger partial charge in [-0.1, -0.05) is 46.5 Å². The Morgan fingerprint density at radius 2 is 1.31 bits per heavy atom. The van der Waals surface area contributed by atoms with Gasteiger partial charge in [-0.2, -0.15) is 9.90 Å². The van der Waals surface area contributed by atoms with E-state index in [0.29, 0.717) is 0 Å². The fraction of sp³-hybridized carbons (Fsp3) is 1.00. The van der Waals surface area contributed by atoms with E-state index in [1.165, 1.54) is 12.8 Å². The first kappa shape index (κ1) is 15.8. The predicted molar refractivity (Wildman–Crippen MR) is 65.4 cm³/mol. The van der Waals surface area contributed by atoms with Gasteiger partial charge >= 0.3 is 0 Å². The maximum Gasteiger partial charge on any atom is 0.0645 e. The summed E-state index contributed by atoms with van der Waals surface area (Å²) < 4.78 is 0. The minimum atomic E-state index is -0.355.